The third kappa shape index (κ3) is 4.74. The van der Waals surface area contributed by atoms with E-state index in [4.69, 9.17) is 5.73 Å². The van der Waals surface area contributed by atoms with Crippen molar-refractivity contribution in [2.24, 2.45) is 11.7 Å². The molecule has 4 nitrogen and oxygen atoms in total. The molecular formula is C11H20N4. The van der Waals surface area contributed by atoms with Gasteiger partial charge in [0, 0.05) is 18.3 Å². The summed E-state index contributed by atoms with van der Waals surface area (Å²) in [5.74, 6) is 1.52. The first-order chi connectivity index (χ1) is 7.22. The lowest BCUT2D eigenvalue weighted by Gasteiger charge is -2.07. The highest BCUT2D eigenvalue weighted by Crippen LogP contribution is 2.08. The Bertz CT molecular complexity index is 286. The van der Waals surface area contributed by atoms with Crippen LogP contribution in [0, 0.1) is 5.92 Å². The first-order valence-corrected chi connectivity index (χ1v) is 5.47. The maximum atomic E-state index is 5.42. The molecule has 84 valence electrons. The van der Waals surface area contributed by atoms with E-state index in [1.54, 1.807) is 6.33 Å². The van der Waals surface area contributed by atoms with Crippen molar-refractivity contribution in [2.75, 3.05) is 18.4 Å². The second kappa shape index (κ2) is 6.35. The van der Waals surface area contributed by atoms with Crippen LogP contribution in [-0.4, -0.2) is 23.1 Å². The number of nitrogens with one attached hydrogen (secondary N) is 1. The van der Waals surface area contributed by atoms with Crippen LogP contribution in [0.2, 0.25) is 0 Å². The van der Waals surface area contributed by atoms with Gasteiger partial charge < -0.3 is 11.1 Å². The van der Waals surface area contributed by atoms with Gasteiger partial charge in [-0.1, -0.05) is 13.8 Å². The second-order valence-electron chi connectivity index (χ2n) is 4.06. The van der Waals surface area contributed by atoms with Gasteiger partial charge >= 0.3 is 0 Å². The molecule has 0 saturated carbocycles. The Hall–Kier alpha value is -1.16. The van der Waals surface area contributed by atoms with E-state index in [1.807, 2.05) is 6.07 Å². The Morgan fingerprint density at radius 2 is 2.20 bits per heavy atom. The summed E-state index contributed by atoms with van der Waals surface area (Å²) in [4.78, 5) is 8.39. The third-order valence-electron chi connectivity index (χ3n) is 2.03. The Balaban J connectivity index is 2.50. The Labute approximate surface area is 91.3 Å². The van der Waals surface area contributed by atoms with Gasteiger partial charge in [0.05, 0.1) is 0 Å². The van der Waals surface area contributed by atoms with Gasteiger partial charge in [0.2, 0.25) is 0 Å². The average Bonchev–Trinajstić information content (AvgIpc) is 2.18. The molecule has 3 N–H and O–H groups in total. The smallest absolute Gasteiger partial charge is 0.129 e. The molecule has 0 atom stereocenters. The maximum absolute atomic E-state index is 5.42. The van der Waals surface area contributed by atoms with E-state index < -0.39 is 0 Å². The SMILES string of the molecule is CC(C)Cc1cc(NCCCN)ncn1. The number of rotatable bonds is 6. The lowest BCUT2D eigenvalue weighted by molar-refractivity contribution is 0.634. The molecule has 1 aromatic heterocycles. The predicted octanol–water partition coefficient (Wildman–Crippen LogP) is 1.44. The standard InChI is InChI=1S/C11H20N4/c1-9(2)6-10-7-11(15-8-14-10)13-5-3-4-12/h7-9H,3-6,12H2,1-2H3,(H,13,14,15). The van der Waals surface area contributed by atoms with E-state index in [2.05, 4.69) is 29.1 Å². The highest BCUT2D eigenvalue weighted by atomic mass is 15.0. The zero-order valence-electron chi connectivity index (χ0n) is 9.53. The van der Waals surface area contributed by atoms with Gasteiger partial charge in [0.15, 0.2) is 0 Å². The summed E-state index contributed by atoms with van der Waals surface area (Å²) in [7, 11) is 0. The molecule has 0 aromatic carbocycles. The predicted molar refractivity (Wildman–Crippen MR) is 62.7 cm³/mol. The molecule has 1 rings (SSSR count). The summed E-state index contributed by atoms with van der Waals surface area (Å²) in [6, 6.07) is 2.01. The van der Waals surface area contributed by atoms with Gasteiger partial charge in [-0.3, -0.25) is 0 Å². The average molecular weight is 208 g/mol. The molecule has 0 saturated heterocycles. The third-order valence-corrected chi connectivity index (χ3v) is 2.03. The molecule has 0 radical (unpaired) electrons. The van der Waals surface area contributed by atoms with E-state index in [9.17, 15) is 0 Å². The van der Waals surface area contributed by atoms with Gasteiger partial charge in [0.1, 0.15) is 12.1 Å². The first kappa shape index (κ1) is 11.9. The number of nitrogens with zero attached hydrogens (tertiary/aromatic N) is 2. The normalized spacial score (nSPS) is 10.7. The van der Waals surface area contributed by atoms with Crippen LogP contribution in [0.25, 0.3) is 0 Å². The van der Waals surface area contributed by atoms with E-state index in [-0.39, 0.29) is 0 Å². The van der Waals surface area contributed by atoms with Crippen molar-refractivity contribution in [3.63, 3.8) is 0 Å². The highest BCUT2D eigenvalue weighted by Gasteiger charge is 2.01. The van der Waals surface area contributed by atoms with E-state index in [0.29, 0.717) is 12.5 Å². The zero-order valence-corrected chi connectivity index (χ0v) is 9.53. The van der Waals surface area contributed by atoms with Crippen LogP contribution < -0.4 is 11.1 Å². The number of hydrogen-bond donors (Lipinski definition) is 2. The summed E-state index contributed by atoms with van der Waals surface area (Å²) >= 11 is 0. The fourth-order valence-corrected chi connectivity index (χ4v) is 1.34. The van der Waals surface area contributed by atoms with Crippen molar-refractivity contribution in [3.8, 4) is 0 Å². The van der Waals surface area contributed by atoms with Crippen LogP contribution in [0.1, 0.15) is 26.0 Å². The molecule has 1 heterocycles. The number of nitrogens with two attached hydrogens (primary N) is 1. The summed E-state index contributed by atoms with van der Waals surface area (Å²) in [5, 5.41) is 3.23. The van der Waals surface area contributed by atoms with Crippen LogP contribution in [0.4, 0.5) is 5.82 Å². The van der Waals surface area contributed by atoms with E-state index in [1.165, 1.54) is 0 Å². The van der Waals surface area contributed by atoms with Gasteiger partial charge in [-0.2, -0.15) is 0 Å². The summed E-state index contributed by atoms with van der Waals surface area (Å²) < 4.78 is 0. The van der Waals surface area contributed by atoms with E-state index in [0.717, 1.165) is 30.9 Å². The maximum Gasteiger partial charge on any atom is 0.129 e. The van der Waals surface area contributed by atoms with Crippen LogP contribution in [0.3, 0.4) is 0 Å². The van der Waals surface area contributed by atoms with E-state index >= 15 is 0 Å². The molecule has 0 spiro atoms. The minimum atomic E-state index is 0.622. The molecule has 0 aliphatic rings. The zero-order chi connectivity index (χ0) is 11.1. The molecule has 0 bridgehead atoms. The molecular weight excluding hydrogens is 188 g/mol. The van der Waals surface area contributed by atoms with Gasteiger partial charge in [-0.15, -0.1) is 0 Å². The van der Waals surface area contributed by atoms with Gasteiger partial charge in [-0.25, -0.2) is 9.97 Å². The van der Waals surface area contributed by atoms with Crippen LogP contribution in [0.5, 0.6) is 0 Å². The van der Waals surface area contributed by atoms with Crippen LogP contribution in [0.15, 0.2) is 12.4 Å². The number of anilines is 1. The molecule has 0 aliphatic carbocycles. The lowest BCUT2D eigenvalue weighted by Crippen LogP contribution is -2.10. The summed E-state index contributed by atoms with van der Waals surface area (Å²) in [6.07, 6.45) is 3.57. The molecule has 15 heavy (non-hydrogen) atoms. The lowest BCUT2D eigenvalue weighted by atomic mass is 10.1. The topological polar surface area (TPSA) is 63.8 Å². The van der Waals surface area contributed by atoms with Crippen molar-refractivity contribution in [3.05, 3.63) is 18.1 Å². The van der Waals surface area contributed by atoms with Crippen LogP contribution in [-0.2, 0) is 6.42 Å². The number of hydrogen-bond acceptors (Lipinski definition) is 4. The van der Waals surface area contributed by atoms with Crippen molar-refractivity contribution < 1.29 is 0 Å². The van der Waals surface area contributed by atoms with Crippen LogP contribution >= 0.6 is 0 Å². The summed E-state index contributed by atoms with van der Waals surface area (Å²) in [6.45, 7) is 5.94. The van der Waals surface area contributed by atoms with Crippen molar-refractivity contribution in [1.29, 1.82) is 0 Å². The fraction of sp³-hybridized carbons (Fsp3) is 0.636. The first-order valence-electron chi connectivity index (χ1n) is 5.47. The summed E-state index contributed by atoms with van der Waals surface area (Å²) in [5.41, 5.74) is 6.51. The second-order valence-corrected chi connectivity index (χ2v) is 4.06. The molecule has 0 unspecified atom stereocenters. The van der Waals surface area contributed by atoms with Gasteiger partial charge in [-0.05, 0) is 25.3 Å². The highest BCUT2D eigenvalue weighted by molar-refractivity contribution is 5.34. The Morgan fingerprint density at radius 1 is 1.40 bits per heavy atom. The Kier molecular flexibility index (Phi) is 5.04. The Morgan fingerprint density at radius 3 is 2.87 bits per heavy atom. The monoisotopic (exact) mass is 208 g/mol. The molecule has 0 fully saturated rings. The van der Waals surface area contributed by atoms with Crippen molar-refractivity contribution in [1.82, 2.24) is 9.97 Å². The quantitative estimate of drug-likeness (QED) is 0.694. The molecule has 0 aliphatic heterocycles. The minimum Gasteiger partial charge on any atom is -0.370 e. The van der Waals surface area contributed by atoms with Crippen molar-refractivity contribution >= 4 is 5.82 Å². The minimum absolute atomic E-state index is 0.622. The molecule has 0 amide bonds. The fourth-order valence-electron chi connectivity index (χ4n) is 1.34. The molecule has 1 aromatic rings. The number of aromatic nitrogens is 2. The molecule has 4 heteroatoms. The van der Waals surface area contributed by atoms with Crippen molar-refractivity contribution in [2.45, 2.75) is 26.7 Å². The largest absolute Gasteiger partial charge is 0.370 e. The van der Waals surface area contributed by atoms with Gasteiger partial charge in [0.25, 0.3) is 0 Å².